The number of carboxylic acid groups (broad SMARTS) is 2. The number of unbranched alkanes of at least 4 members (excludes halogenated alkanes) is 1. The van der Waals surface area contributed by atoms with Crippen LogP contribution in [-0.2, 0) is 24.0 Å². The molecule has 0 aliphatic heterocycles. The highest BCUT2D eigenvalue weighted by molar-refractivity contribution is 7.98. The molecule has 3 amide bonds. The van der Waals surface area contributed by atoms with E-state index >= 15 is 0 Å². The molecule has 0 aliphatic rings. The number of aliphatic carboxylic acids is 2. The highest BCUT2D eigenvalue weighted by Gasteiger charge is 2.29. The molecule has 0 heterocycles. The summed E-state index contributed by atoms with van der Waals surface area (Å²) < 4.78 is 0. The Kier molecular flexibility index (Phi) is 14.2. The van der Waals surface area contributed by atoms with E-state index in [1.54, 1.807) is 0 Å². The summed E-state index contributed by atoms with van der Waals surface area (Å²) in [5, 5.41) is 25.0. The van der Waals surface area contributed by atoms with E-state index in [4.69, 9.17) is 21.7 Å². The second-order valence-corrected chi connectivity index (χ2v) is 7.95. The maximum absolute atomic E-state index is 12.5. The van der Waals surface area contributed by atoms with E-state index in [1.165, 1.54) is 18.7 Å². The first kappa shape index (κ1) is 28.6. The lowest BCUT2D eigenvalue weighted by molar-refractivity contribution is -0.147. The van der Waals surface area contributed by atoms with E-state index in [2.05, 4.69) is 16.0 Å². The third kappa shape index (κ3) is 12.2. The van der Waals surface area contributed by atoms with Gasteiger partial charge >= 0.3 is 11.9 Å². The number of carboxylic acids is 2. The van der Waals surface area contributed by atoms with Crippen LogP contribution in [0.1, 0.15) is 39.0 Å². The lowest BCUT2D eigenvalue weighted by Crippen LogP contribution is -2.56. The molecular weight excluding hydrogens is 430 g/mol. The van der Waals surface area contributed by atoms with E-state index < -0.39 is 60.2 Å². The molecule has 178 valence electrons. The van der Waals surface area contributed by atoms with Crippen LogP contribution in [0.15, 0.2) is 0 Å². The number of carbonyl (C=O) groups excluding carboxylic acids is 3. The monoisotopic (exact) mass is 463 g/mol. The molecule has 0 aliphatic carbocycles. The minimum absolute atomic E-state index is 0.155. The zero-order chi connectivity index (χ0) is 24.0. The molecule has 0 fully saturated rings. The second kappa shape index (κ2) is 15.4. The fraction of sp³-hybridized carbons (Fsp3) is 0.722. The SMILES string of the molecule is CSCCC(N)C(=O)NC(C)C(=O)NC(CCCCN)C(=O)NC(CC(=O)O)C(=O)O. The lowest BCUT2D eigenvalue weighted by atomic mass is 10.1. The second-order valence-electron chi connectivity index (χ2n) is 6.96. The van der Waals surface area contributed by atoms with Crippen molar-refractivity contribution >= 4 is 41.4 Å². The van der Waals surface area contributed by atoms with Gasteiger partial charge in [0.1, 0.15) is 18.1 Å². The Morgan fingerprint density at radius 1 is 0.903 bits per heavy atom. The van der Waals surface area contributed by atoms with Crippen molar-refractivity contribution in [3.05, 3.63) is 0 Å². The number of nitrogens with one attached hydrogen (secondary N) is 3. The number of rotatable bonds is 16. The Hall–Kier alpha value is -2.38. The van der Waals surface area contributed by atoms with Gasteiger partial charge in [0.05, 0.1) is 12.5 Å². The Balaban J connectivity index is 5.08. The number of nitrogens with two attached hydrogens (primary N) is 2. The molecule has 13 heteroatoms. The van der Waals surface area contributed by atoms with Gasteiger partial charge in [-0.2, -0.15) is 11.8 Å². The van der Waals surface area contributed by atoms with E-state index in [-0.39, 0.29) is 6.42 Å². The van der Waals surface area contributed by atoms with Crippen LogP contribution in [0.4, 0.5) is 0 Å². The van der Waals surface area contributed by atoms with Crippen molar-refractivity contribution in [2.75, 3.05) is 18.6 Å². The van der Waals surface area contributed by atoms with Crippen LogP contribution < -0.4 is 27.4 Å². The maximum Gasteiger partial charge on any atom is 0.326 e. The average molecular weight is 464 g/mol. The molecule has 0 aromatic carbocycles. The fourth-order valence-electron chi connectivity index (χ4n) is 2.47. The van der Waals surface area contributed by atoms with Crippen LogP contribution in [0.5, 0.6) is 0 Å². The van der Waals surface area contributed by atoms with Crippen LogP contribution in [0.3, 0.4) is 0 Å². The summed E-state index contributed by atoms with van der Waals surface area (Å²) in [4.78, 5) is 59.1. The zero-order valence-electron chi connectivity index (χ0n) is 17.8. The molecule has 0 rings (SSSR count). The Morgan fingerprint density at radius 3 is 2.03 bits per heavy atom. The van der Waals surface area contributed by atoms with Gasteiger partial charge in [-0.05, 0) is 51.2 Å². The van der Waals surface area contributed by atoms with Gasteiger partial charge in [-0.3, -0.25) is 19.2 Å². The van der Waals surface area contributed by atoms with Crippen LogP contribution in [0, 0.1) is 0 Å². The fourth-order valence-corrected chi connectivity index (χ4v) is 2.96. The molecule has 0 aromatic heterocycles. The summed E-state index contributed by atoms with van der Waals surface area (Å²) in [6.45, 7) is 1.79. The van der Waals surface area contributed by atoms with Gasteiger partial charge in [0.15, 0.2) is 0 Å². The summed E-state index contributed by atoms with van der Waals surface area (Å²) in [5.41, 5.74) is 11.2. The number of hydrogen-bond acceptors (Lipinski definition) is 8. The zero-order valence-corrected chi connectivity index (χ0v) is 18.6. The summed E-state index contributed by atoms with van der Waals surface area (Å²) in [6, 6.07) is -4.55. The standard InChI is InChI=1S/C18H33N5O7S/c1-10(21-16(27)11(20)6-8-31-2)15(26)22-12(5-3-4-7-19)17(28)23-13(18(29)30)9-14(24)25/h10-13H,3-9,19-20H2,1-2H3,(H,21,27)(H,22,26)(H,23,28)(H,24,25)(H,29,30). The first-order chi connectivity index (χ1) is 14.5. The Bertz CT molecular complexity index is 634. The Labute approximate surface area is 185 Å². The maximum atomic E-state index is 12.5. The molecule has 0 bridgehead atoms. The van der Waals surface area contributed by atoms with Crippen LogP contribution in [0.25, 0.3) is 0 Å². The first-order valence-corrected chi connectivity index (χ1v) is 11.2. The van der Waals surface area contributed by atoms with Crippen molar-refractivity contribution < 1.29 is 34.2 Å². The predicted molar refractivity (Wildman–Crippen MR) is 115 cm³/mol. The van der Waals surface area contributed by atoms with Gasteiger partial charge in [0, 0.05) is 0 Å². The molecule has 0 saturated heterocycles. The van der Waals surface area contributed by atoms with Crippen molar-refractivity contribution in [1.29, 1.82) is 0 Å². The smallest absolute Gasteiger partial charge is 0.326 e. The minimum atomic E-state index is -1.65. The molecule has 0 spiro atoms. The van der Waals surface area contributed by atoms with E-state index in [9.17, 15) is 24.0 Å². The number of carbonyl (C=O) groups is 5. The van der Waals surface area contributed by atoms with Crippen molar-refractivity contribution in [2.45, 2.75) is 63.2 Å². The average Bonchev–Trinajstić information content (AvgIpc) is 2.69. The molecule has 0 saturated carbocycles. The predicted octanol–water partition coefficient (Wildman–Crippen LogP) is -1.77. The first-order valence-electron chi connectivity index (χ1n) is 9.83. The van der Waals surface area contributed by atoms with Crippen LogP contribution in [0.2, 0.25) is 0 Å². The van der Waals surface area contributed by atoms with E-state index in [0.717, 1.165) is 0 Å². The van der Waals surface area contributed by atoms with Crippen molar-refractivity contribution in [1.82, 2.24) is 16.0 Å². The molecule has 0 radical (unpaired) electrons. The highest BCUT2D eigenvalue weighted by atomic mass is 32.2. The molecular formula is C18H33N5O7S. The third-order valence-electron chi connectivity index (χ3n) is 4.30. The minimum Gasteiger partial charge on any atom is -0.481 e. The highest BCUT2D eigenvalue weighted by Crippen LogP contribution is 2.04. The summed E-state index contributed by atoms with van der Waals surface area (Å²) in [6.07, 6.45) is 2.68. The molecule has 4 atom stereocenters. The van der Waals surface area contributed by atoms with Crippen molar-refractivity contribution in [3.63, 3.8) is 0 Å². The van der Waals surface area contributed by atoms with Gasteiger partial charge in [0.2, 0.25) is 17.7 Å². The van der Waals surface area contributed by atoms with Gasteiger partial charge in [-0.15, -0.1) is 0 Å². The molecule has 0 aromatic rings. The number of amides is 3. The van der Waals surface area contributed by atoms with Crippen molar-refractivity contribution in [2.24, 2.45) is 11.5 Å². The van der Waals surface area contributed by atoms with E-state index in [1.807, 2.05) is 6.26 Å². The van der Waals surface area contributed by atoms with Crippen molar-refractivity contribution in [3.8, 4) is 0 Å². The molecule has 4 unspecified atom stereocenters. The van der Waals surface area contributed by atoms with Crippen LogP contribution >= 0.6 is 11.8 Å². The topological polar surface area (TPSA) is 214 Å². The Morgan fingerprint density at radius 2 is 1.52 bits per heavy atom. The number of thioether (sulfide) groups is 1. The number of hydrogen-bond donors (Lipinski definition) is 7. The lowest BCUT2D eigenvalue weighted by Gasteiger charge is -2.23. The largest absolute Gasteiger partial charge is 0.481 e. The van der Waals surface area contributed by atoms with Gasteiger partial charge in [-0.1, -0.05) is 0 Å². The van der Waals surface area contributed by atoms with Crippen LogP contribution in [-0.4, -0.2) is 82.6 Å². The normalized spacial score (nSPS) is 14.6. The van der Waals surface area contributed by atoms with Gasteiger partial charge in [-0.25, -0.2) is 4.79 Å². The summed E-state index contributed by atoms with van der Waals surface area (Å²) in [7, 11) is 0. The molecule has 9 N–H and O–H groups in total. The van der Waals surface area contributed by atoms with E-state index in [0.29, 0.717) is 31.6 Å². The van der Waals surface area contributed by atoms with Gasteiger partial charge in [0.25, 0.3) is 0 Å². The van der Waals surface area contributed by atoms with Gasteiger partial charge < -0.3 is 37.6 Å². The third-order valence-corrected chi connectivity index (χ3v) is 4.94. The molecule has 12 nitrogen and oxygen atoms in total. The summed E-state index contributed by atoms with van der Waals surface area (Å²) in [5.74, 6) is -4.24. The quantitative estimate of drug-likeness (QED) is 0.128. The summed E-state index contributed by atoms with van der Waals surface area (Å²) >= 11 is 1.53. The molecule has 31 heavy (non-hydrogen) atoms.